The number of nitrogens with zero attached hydrogens (tertiary/aromatic N) is 1. The van der Waals surface area contributed by atoms with E-state index in [-0.39, 0.29) is 12.5 Å². The van der Waals surface area contributed by atoms with Crippen molar-refractivity contribution in [2.24, 2.45) is 0 Å². The zero-order valence-corrected chi connectivity index (χ0v) is 8.03. The second-order valence-electron chi connectivity index (χ2n) is 3.01. The largest absolute Gasteiger partial charge is 0.465 e. The number of carbonyl (C=O) groups is 2. The second-order valence-corrected chi connectivity index (χ2v) is 3.01. The number of carbonyl (C=O) groups excluding carboxylic acids is 2. The van der Waals surface area contributed by atoms with Gasteiger partial charge in [0.2, 0.25) is 5.91 Å². The minimum Gasteiger partial charge on any atom is -0.465 e. The molecule has 1 aliphatic rings. The molecule has 78 valence electrons. The lowest BCUT2D eigenvalue weighted by Crippen LogP contribution is -2.28. The maximum Gasteiger partial charge on any atom is 0.339 e. The number of pyridine rings is 1. The van der Waals surface area contributed by atoms with E-state index in [9.17, 15) is 9.59 Å². The van der Waals surface area contributed by atoms with Gasteiger partial charge in [-0.1, -0.05) is 0 Å². The number of fused-ring (bicyclic) bond motifs is 1. The smallest absolute Gasteiger partial charge is 0.339 e. The van der Waals surface area contributed by atoms with Crippen molar-refractivity contribution in [1.82, 2.24) is 4.98 Å². The summed E-state index contributed by atoms with van der Waals surface area (Å²) >= 11 is 0. The third-order valence-corrected chi connectivity index (χ3v) is 2.01. The van der Waals surface area contributed by atoms with Gasteiger partial charge in [0.05, 0.1) is 24.9 Å². The zero-order chi connectivity index (χ0) is 10.8. The van der Waals surface area contributed by atoms with Crippen LogP contribution in [0.1, 0.15) is 10.4 Å². The molecule has 1 aromatic heterocycles. The molecule has 0 aromatic carbocycles. The molecule has 2 heterocycles. The summed E-state index contributed by atoms with van der Waals surface area (Å²) < 4.78 is 4.55. The number of rotatable bonds is 1. The lowest BCUT2D eigenvalue weighted by atomic mass is 10.2. The molecule has 6 nitrogen and oxygen atoms in total. The lowest BCUT2D eigenvalue weighted by Gasteiger charge is -2.17. The Morgan fingerprint density at radius 2 is 2.40 bits per heavy atom. The Balaban J connectivity index is 2.34. The number of amides is 1. The fraction of sp³-hybridized carbons (Fsp3) is 0.222. The Hall–Kier alpha value is -2.11. The van der Waals surface area contributed by atoms with Crippen LogP contribution in [0.15, 0.2) is 12.3 Å². The van der Waals surface area contributed by atoms with Crippen molar-refractivity contribution >= 4 is 23.4 Å². The van der Waals surface area contributed by atoms with E-state index in [2.05, 4.69) is 20.4 Å². The van der Waals surface area contributed by atoms with Crippen LogP contribution in [-0.4, -0.2) is 30.5 Å². The summed E-state index contributed by atoms with van der Waals surface area (Å²) in [4.78, 5) is 26.1. The molecule has 0 unspecified atom stereocenters. The van der Waals surface area contributed by atoms with Crippen molar-refractivity contribution < 1.29 is 14.3 Å². The predicted molar refractivity (Wildman–Crippen MR) is 52.7 cm³/mol. The normalized spacial score (nSPS) is 13.5. The Kier molecular flexibility index (Phi) is 2.24. The highest BCUT2D eigenvalue weighted by molar-refractivity contribution is 6.00. The summed E-state index contributed by atoms with van der Waals surface area (Å²) in [5.74, 6) is -0.177. The van der Waals surface area contributed by atoms with Crippen LogP contribution < -0.4 is 10.6 Å². The molecule has 1 amide bonds. The van der Waals surface area contributed by atoms with E-state index in [1.165, 1.54) is 13.3 Å². The number of nitrogens with one attached hydrogen (secondary N) is 2. The lowest BCUT2D eigenvalue weighted by molar-refractivity contribution is -0.114. The topological polar surface area (TPSA) is 80.3 Å². The molecule has 2 N–H and O–H groups in total. The SMILES string of the molecule is COC(=O)c1cnc2c(c1)NCC(=O)N2. The summed E-state index contributed by atoms with van der Waals surface area (Å²) in [6.07, 6.45) is 1.36. The summed E-state index contributed by atoms with van der Waals surface area (Å²) in [7, 11) is 1.30. The van der Waals surface area contributed by atoms with Gasteiger partial charge in [0.15, 0.2) is 5.82 Å². The minimum atomic E-state index is -0.455. The number of methoxy groups -OCH3 is 1. The maximum atomic E-state index is 11.2. The molecule has 0 atom stereocenters. The summed E-state index contributed by atoms with van der Waals surface area (Å²) in [5.41, 5.74) is 0.970. The van der Waals surface area contributed by atoms with Crippen LogP contribution in [0.3, 0.4) is 0 Å². The van der Waals surface area contributed by atoms with Crippen molar-refractivity contribution in [1.29, 1.82) is 0 Å². The Morgan fingerprint density at radius 1 is 1.60 bits per heavy atom. The first-order chi connectivity index (χ1) is 7.20. The highest BCUT2D eigenvalue weighted by Crippen LogP contribution is 2.22. The number of ether oxygens (including phenoxy) is 1. The van der Waals surface area contributed by atoms with E-state index in [1.54, 1.807) is 6.07 Å². The third-order valence-electron chi connectivity index (χ3n) is 2.01. The molecule has 1 aromatic rings. The van der Waals surface area contributed by atoms with Gasteiger partial charge in [0, 0.05) is 6.20 Å². The molecule has 15 heavy (non-hydrogen) atoms. The Morgan fingerprint density at radius 3 is 3.13 bits per heavy atom. The van der Waals surface area contributed by atoms with E-state index in [1.807, 2.05) is 0 Å². The van der Waals surface area contributed by atoms with Gasteiger partial charge in [0.25, 0.3) is 0 Å². The van der Waals surface area contributed by atoms with Crippen LogP contribution in [0.25, 0.3) is 0 Å². The first-order valence-corrected chi connectivity index (χ1v) is 4.33. The van der Waals surface area contributed by atoms with E-state index in [4.69, 9.17) is 0 Å². The second kappa shape index (κ2) is 3.56. The van der Waals surface area contributed by atoms with Crippen molar-refractivity contribution in [3.05, 3.63) is 17.8 Å². The molecule has 0 radical (unpaired) electrons. The van der Waals surface area contributed by atoms with E-state index in [0.717, 1.165) is 0 Å². The Labute approximate surface area is 85.6 Å². The Bertz CT molecular complexity index is 431. The average molecular weight is 207 g/mol. The molecule has 0 fully saturated rings. The molecule has 0 saturated heterocycles. The van der Waals surface area contributed by atoms with Crippen LogP contribution >= 0.6 is 0 Å². The van der Waals surface area contributed by atoms with Crippen LogP contribution in [0, 0.1) is 0 Å². The molecule has 0 aliphatic carbocycles. The standard InChI is InChI=1S/C9H9N3O3/c1-15-9(14)5-2-6-8(11-3-5)12-7(13)4-10-6/h2-3,10H,4H2,1H3,(H,11,12,13). The number of hydrogen-bond donors (Lipinski definition) is 2. The van der Waals surface area contributed by atoms with E-state index < -0.39 is 5.97 Å². The molecular formula is C9H9N3O3. The van der Waals surface area contributed by atoms with Gasteiger partial charge >= 0.3 is 5.97 Å². The van der Waals surface area contributed by atoms with Crippen LogP contribution in [0.4, 0.5) is 11.5 Å². The fourth-order valence-electron chi connectivity index (χ4n) is 1.28. The molecule has 0 saturated carbocycles. The van der Waals surface area contributed by atoms with Gasteiger partial charge < -0.3 is 15.4 Å². The van der Waals surface area contributed by atoms with Crippen LogP contribution in [-0.2, 0) is 9.53 Å². The number of esters is 1. The highest BCUT2D eigenvalue weighted by Gasteiger charge is 2.17. The highest BCUT2D eigenvalue weighted by atomic mass is 16.5. The maximum absolute atomic E-state index is 11.2. The summed E-state index contributed by atoms with van der Waals surface area (Å²) in [6, 6.07) is 1.59. The van der Waals surface area contributed by atoms with Gasteiger partial charge in [-0.15, -0.1) is 0 Å². The van der Waals surface area contributed by atoms with Gasteiger partial charge in [0.1, 0.15) is 0 Å². The number of hydrogen-bond acceptors (Lipinski definition) is 5. The van der Waals surface area contributed by atoms with E-state index >= 15 is 0 Å². The van der Waals surface area contributed by atoms with E-state index in [0.29, 0.717) is 17.1 Å². The fourth-order valence-corrected chi connectivity index (χ4v) is 1.28. The number of anilines is 2. The van der Waals surface area contributed by atoms with Gasteiger partial charge in [-0.25, -0.2) is 9.78 Å². The van der Waals surface area contributed by atoms with Crippen molar-refractivity contribution in [2.75, 3.05) is 24.3 Å². The quantitative estimate of drug-likeness (QED) is 0.644. The molecule has 0 spiro atoms. The van der Waals surface area contributed by atoms with Crippen molar-refractivity contribution in [3.8, 4) is 0 Å². The zero-order valence-electron chi connectivity index (χ0n) is 8.03. The van der Waals surface area contributed by atoms with Crippen molar-refractivity contribution in [3.63, 3.8) is 0 Å². The molecule has 2 rings (SSSR count). The molecule has 1 aliphatic heterocycles. The average Bonchev–Trinajstić information content (AvgIpc) is 2.27. The number of aromatic nitrogens is 1. The minimum absolute atomic E-state index is 0.152. The molecule has 0 bridgehead atoms. The first kappa shape index (κ1) is 9.45. The van der Waals surface area contributed by atoms with Gasteiger partial charge in [-0.05, 0) is 6.07 Å². The van der Waals surface area contributed by atoms with Crippen LogP contribution in [0.2, 0.25) is 0 Å². The van der Waals surface area contributed by atoms with Crippen LogP contribution in [0.5, 0.6) is 0 Å². The van der Waals surface area contributed by atoms with Crippen molar-refractivity contribution in [2.45, 2.75) is 0 Å². The first-order valence-electron chi connectivity index (χ1n) is 4.33. The molecular weight excluding hydrogens is 198 g/mol. The van der Waals surface area contributed by atoms with Gasteiger partial charge in [-0.2, -0.15) is 0 Å². The summed E-state index contributed by atoms with van der Waals surface area (Å²) in [6.45, 7) is 0.180. The monoisotopic (exact) mass is 207 g/mol. The summed E-state index contributed by atoms with van der Waals surface area (Å²) in [5, 5.41) is 5.43. The third kappa shape index (κ3) is 1.74. The molecule has 6 heteroatoms. The van der Waals surface area contributed by atoms with Gasteiger partial charge in [-0.3, -0.25) is 4.79 Å². The predicted octanol–water partition coefficient (Wildman–Crippen LogP) is 0.232.